The van der Waals surface area contributed by atoms with Crippen LogP contribution in [0.5, 0.6) is 11.5 Å². The molecule has 1 aliphatic rings. The van der Waals surface area contributed by atoms with Gasteiger partial charge in [-0.25, -0.2) is 4.90 Å². The first kappa shape index (κ1) is 21.6. The molecule has 0 atom stereocenters. The molecule has 0 unspecified atom stereocenters. The lowest BCUT2D eigenvalue weighted by Crippen LogP contribution is -2.32. The van der Waals surface area contributed by atoms with Crippen molar-refractivity contribution < 1.29 is 24.0 Å². The highest BCUT2D eigenvalue weighted by molar-refractivity contribution is 6.46. The van der Waals surface area contributed by atoms with E-state index in [1.165, 1.54) is 31.4 Å². The molecule has 4 rings (SSSR count). The maximum absolute atomic E-state index is 13.4. The smallest absolute Gasteiger partial charge is 0.282 e. The Morgan fingerprint density at radius 3 is 2.12 bits per heavy atom. The van der Waals surface area contributed by atoms with Gasteiger partial charge in [0.25, 0.3) is 17.5 Å². The number of hydrogen-bond donors (Lipinski definition) is 1. The van der Waals surface area contributed by atoms with Crippen molar-refractivity contribution in [2.45, 2.75) is 0 Å². The zero-order chi connectivity index (χ0) is 23.5. The van der Waals surface area contributed by atoms with Crippen LogP contribution >= 0.6 is 0 Å². The second-order valence-electron chi connectivity index (χ2n) is 7.05. The van der Waals surface area contributed by atoms with Crippen molar-refractivity contribution in [3.8, 4) is 11.5 Å². The number of nitro groups is 1. The number of benzene rings is 3. The number of ether oxygens (including phenoxy) is 2. The summed E-state index contributed by atoms with van der Waals surface area (Å²) in [7, 11) is 3.03. The van der Waals surface area contributed by atoms with Gasteiger partial charge in [-0.2, -0.15) is 0 Å². The standard InChI is InChI=1S/C24H19N3O6/c1-32-19-12-8-16(9-13-19)25-22-21(15-6-10-17(11-7-15)27(30)31)23(28)26(24(22)29)18-4-3-5-20(14-18)33-2/h3-14,25H,1-2H3. The van der Waals surface area contributed by atoms with Crippen molar-refractivity contribution in [1.82, 2.24) is 0 Å². The molecule has 0 radical (unpaired) electrons. The van der Waals surface area contributed by atoms with E-state index in [9.17, 15) is 19.7 Å². The van der Waals surface area contributed by atoms with E-state index in [-0.39, 0.29) is 17.0 Å². The Morgan fingerprint density at radius 1 is 0.848 bits per heavy atom. The molecule has 0 saturated carbocycles. The molecule has 2 amide bonds. The first-order valence-electron chi connectivity index (χ1n) is 9.86. The number of nitro benzene ring substituents is 1. The van der Waals surface area contributed by atoms with Gasteiger partial charge in [0, 0.05) is 23.9 Å². The largest absolute Gasteiger partial charge is 0.497 e. The molecule has 0 aromatic heterocycles. The Labute approximate surface area is 189 Å². The third-order valence-electron chi connectivity index (χ3n) is 5.12. The van der Waals surface area contributed by atoms with Crippen molar-refractivity contribution in [3.63, 3.8) is 0 Å². The van der Waals surface area contributed by atoms with Crippen LogP contribution in [-0.2, 0) is 9.59 Å². The van der Waals surface area contributed by atoms with Crippen LogP contribution in [0.3, 0.4) is 0 Å². The second-order valence-corrected chi connectivity index (χ2v) is 7.05. The Morgan fingerprint density at radius 2 is 1.52 bits per heavy atom. The minimum absolute atomic E-state index is 0.0573. The zero-order valence-corrected chi connectivity index (χ0v) is 17.8. The van der Waals surface area contributed by atoms with E-state index in [1.807, 2.05) is 0 Å². The number of nitrogens with zero attached hydrogens (tertiary/aromatic N) is 2. The number of carbonyl (C=O) groups is 2. The summed E-state index contributed by atoms with van der Waals surface area (Å²) >= 11 is 0. The van der Waals surface area contributed by atoms with Gasteiger partial charge in [0.15, 0.2) is 0 Å². The minimum Gasteiger partial charge on any atom is -0.497 e. The summed E-state index contributed by atoms with van der Waals surface area (Å²) in [5.74, 6) is 0.00838. The molecule has 3 aromatic carbocycles. The van der Waals surface area contributed by atoms with E-state index < -0.39 is 16.7 Å². The molecule has 0 fully saturated rings. The quantitative estimate of drug-likeness (QED) is 0.332. The molecule has 9 nitrogen and oxygen atoms in total. The molecule has 1 N–H and O–H groups in total. The highest BCUT2D eigenvalue weighted by atomic mass is 16.6. The van der Waals surface area contributed by atoms with Crippen LogP contribution in [0.1, 0.15) is 5.56 Å². The number of carbonyl (C=O) groups excluding carboxylic acids is 2. The number of rotatable bonds is 7. The molecular weight excluding hydrogens is 426 g/mol. The van der Waals surface area contributed by atoms with Gasteiger partial charge in [-0.05, 0) is 54.1 Å². The van der Waals surface area contributed by atoms with E-state index >= 15 is 0 Å². The Hall–Kier alpha value is -4.66. The number of hydrogen-bond acceptors (Lipinski definition) is 7. The van der Waals surface area contributed by atoms with E-state index in [4.69, 9.17) is 9.47 Å². The van der Waals surface area contributed by atoms with Crippen molar-refractivity contribution in [3.05, 3.63) is 94.2 Å². The maximum Gasteiger partial charge on any atom is 0.282 e. The number of imide groups is 1. The number of amides is 2. The van der Waals surface area contributed by atoms with Gasteiger partial charge in [-0.3, -0.25) is 19.7 Å². The lowest BCUT2D eigenvalue weighted by atomic mass is 10.0. The van der Waals surface area contributed by atoms with Crippen LogP contribution in [0.4, 0.5) is 17.1 Å². The fraction of sp³-hybridized carbons (Fsp3) is 0.0833. The first-order chi connectivity index (χ1) is 15.9. The van der Waals surface area contributed by atoms with Gasteiger partial charge in [0.1, 0.15) is 17.2 Å². The molecule has 0 aliphatic carbocycles. The van der Waals surface area contributed by atoms with Gasteiger partial charge < -0.3 is 14.8 Å². The maximum atomic E-state index is 13.4. The summed E-state index contributed by atoms with van der Waals surface area (Å²) in [6.07, 6.45) is 0. The van der Waals surface area contributed by atoms with E-state index in [1.54, 1.807) is 55.6 Å². The molecule has 0 saturated heterocycles. The van der Waals surface area contributed by atoms with Gasteiger partial charge in [-0.15, -0.1) is 0 Å². The number of methoxy groups -OCH3 is 2. The van der Waals surface area contributed by atoms with Crippen molar-refractivity contribution >= 4 is 34.4 Å². The summed E-state index contributed by atoms with van der Waals surface area (Å²) in [5, 5.41) is 14.1. The number of anilines is 2. The Kier molecular flexibility index (Phi) is 5.77. The van der Waals surface area contributed by atoms with Crippen molar-refractivity contribution in [2.24, 2.45) is 0 Å². The fourth-order valence-corrected chi connectivity index (χ4v) is 3.47. The lowest BCUT2D eigenvalue weighted by molar-refractivity contribution is -0.384. The zero-order valence-electron chi connectivity index (χ0n) is 17.8. The average molecular weight is 445 g/mol. The van der Waals surface area contributed by atoms with E-state index in [0.717, 1.165) is 4.90 Å². The van der Waals surface area contributed by atoms with Crippen LogP contribution in [-0.4, -0.2) is 31.0 Å². The molecular formula is C24H19N3O6. The van der Waals surface area contributed by atoms with Crippen LogP contribution < -0.4 is 19.7 Å². The molecule has 0 bridgehead atoms. The van der Waals surface area contributed by atoms with Crippen molar-refractivity contribution in [2.75, 3.05) is 24.4 Å². The van der Waals surface area contributed by atoms with E-state index in [2.05, 4.69) is 5.32 Å². The summed E-state index contributed by atoms with van der Waals surface area (Å²) in [4.78, 5) is 38.4. The first-order valence-corrected chi connectivity index (χ1v) is 9.86. The molecule has 166 valence electrons. The molecule has 9 heteroatoms. The third-order valence-corrected chi connectivity index (χ3v) is 5.12. The second kappa shape index (κ2) is 8.83. The lowest BCUT2D eigenvalue weighted by Gasteiger charge is -2.16. The summed E-state index contributed by atoms with van der Waals surface area (Å²) < 4.78 is 10.4. The predicted molar refractivity (Wildman–Crippen MR) is 122 cm³/mol. The van der Waals surface area contributed by atoms with Crippen molar-refractivity contribution in [1.29, 1.82) is 0 Å². The summed E-state index contributed by atoms with van der Waals surface area (Å²) in [6.45, 7) is 0. The SMILES string of the molecule is COc1ccc(NC2=C(c3ccc([N+](=O)[O-])cc3)C(=O)N(c3cccc(OC)c3)C2=O)cc1. The highest BCUT2D eigenvalue weighted by Crippen LogP contribution is 2.35. The van der Waals surface area contributed by atoms with Gasteiger partial charge in [0.2, 0.25) is 0 Å². The van der Waals surface area contributed by atoms with Crippen LogP contribution in [0.25, 0.3) is 5.57 Å². The number of nitrogens with one attached hydrogen (secondary N) is 1. The van der Waals surface area contributed by atoms with Gasteiger partial charge >= 0.3 is 0 Å². The summed E-state index contributed by atoms with van der Waals surface area (Å²) in [5.41, 5.74) is 1.33. The monoisotopic (exact) mass is 445 g/mol. The van der Waals surface area contributed by atoms with Gasteiger partial charge in [-0.1, -0.05) is 6.07 Å². The number of non-ortho nitro benzene ring substituents is 1. The molecule has 33 heavy (non-hydrogen) atoms. The fourth-order valence-electron chi connectivity index (χ4n) is 3.47. The minimum atomic E-state index is -0.558. The van der Waals surface area contributed by atoms with Crippen LogP contribution in [0.2, 0.25) is 0 Å². The normalized spacial score (nSPS) is 13.3. The predicted octanol–water partition coefficient (Wildman–Crippen LogP) is 4.01. The molecule has 1 heterocycles. The van der Waals surface area contributed by atoms with Gasteiger partial charge in [0.05, 0.1) is 30.4 Å². The van der Waals surface area contributed by atoms with Crippen LogP contribution in [0.15, 0.2) is 78.5 Å². The Balaban J connectivity index is 1.79. The summed E-state index contributed by atoms with van der Waals surface area (Å²) in [6, 6.07) is 18.9. The Bertz CT molecular complexity index is 1270. The molecule has 0 spiro atoms. The average Bonchev–Trinajstić information content (AvgIpc) is 3.08. The molecule has 1 aliphatic heterocycles. The van der Waals surface area contributed by atoms with Crippen LogP contribution in [0, 0.1) is 10.1 Å². The highest BCUT2D eigenvalue weighted by Gasteiger charge is 2.40. The topological polar surface area (TPSA) is 111 Å². The van der Waals surface area contributed by atoms with E-state index in [0.29, 0.717) is 28.4 Å². The molecule has 3 aromatic rings. The third kappa shape index (κ3) is 4.11.